The molecule has 0 spiro atoms. The smallest absolute Gasteiger partial charge is 0.144 e. The predicted octanol–water partition coefficient (Wildman–Crippen LogP) is 5.06. The number of rotatable bonds is 5. The van der Waals surface area contributed by atoms with E-state index in [0.717, 1.165) is 34.9 Å². The Morgan fingerprint density at radius 1 is 0.815 bits per heavy atom. The Balaban J connectivity index is 1.77. The van der Waals surface area contributed by atoms with E-state index in [-0.39, 0.29) is 6.04 Å². The number of hydrogen-bond donors (Lipinski definition) is 0. The molecule has 1 aliphatic rings. The fourth-order valence-electron chi connectivity index (χ4n) is 3.44. The Kier molecular flexibility index (Phi) is 4.79. The van der Waals surface area contributed by atoms with Gasteiger partial charge in [-0.25, -0.2) is 0 Å². The second kappa shape index (κ2) is 7.54. The first kappa shape index (κ1) is 17.2. The maximum atomic E-state index is 5.59. The van der Waals surface area contributed by atoms with E-state index >= 15 is 0 Å². The summed E-state index contributed by atoms with van der Waals surface area (Å²) in [7, 11) is 3.38. The summed E-state index contributed by atoms with van der Waals surface area (Å²) < 4.78 is 10.9. The van der Waals surface area contributed by atoms with E-state index in [1.165, 1.54) is 5.56 Å². The van der Waals surface area contributed by atoms with Gasteiger partial charge in [0.15, 0.2) is 0 Å². The van der Waals surface area contributed by atoms with E-state index in [0.29, 0.717) is 0 Å². The Bertz CT molecular complexity index is 936. The van der Waals surface area contributed by atoms with Crippen molar-refractivity contribution >= 4 is 11.4 Å². The largest absolute Gasteiger partial charge is 0.497 e. The van der Waals surface area contributed by atoms with Gasteiger partial charge in [-0.2, -0.15) is 5.10 Å². The molecule has 1 aliphatic heterocycles. The van der Waals surface area contributed by atoms with Gasteiger partial charge in [-0.15, -0.1) is 0 Å². The minimum atomic E-state index is 0.0995. The number of methoxy groups -OCH3 is 2. The van der Waals surface area contributed by atoms with Crippen LogP contribution in [0, 0.1) is 0 Å². The first-order valence-electron chi connectivity index (χ1n) is 8.99. The minimum Gasteiger partial charge on any atom is -0.497 e. The van der Waals surface area contributed by atoms with Gasteiger partial charge in [-0.3, -0.25) is 5.01 Å². The molecule has 0 aromatic heterocycles. The second-order valence-corrected chi connectivity index (χ2v) is 6.42. The lowest BCUT2D eigenvalue weighted by atomic mass is 9.98. The predicted molar refractivity (Wildman–Crippen MR) is 109 cm³/mol. The monoisotopic (exact) mass is 358 g/mol. The van der Waals surface area contributed by atoms with E-state index in [4.69, 9.17) is 14.6 Å². The van der Waals surface area contributed by atoms with Crippen molar-refractivity contribution in [1.29, 1.82) is 0 Å². The van der Waals surface area contributed by atoms with E-state index in [9.17, 15) is 0 Å². The summed E-state index contributed by atoms with van der Waals surface area (Å²) >= 11 is 0. The molecular formula is C23H22N2O2. The minimum absolute atomic E-state index is 0.0995. The number of hydrazone groups is 1. The fraction of sp³-hybridized carbons (Fsp3) is 0.174. The molecular weight excluding hydrogens is 336 g/mol. The van der Waals surface area contributed by atoms with Crippen LogP contribution in [0.2, 0.25) is 0 Å². The van der Waals surface area contributed by atoms with Crippen molar-refractivity contribution in [3.05, 3.63) is 90.0 Å². The summed E-state index contributed by atoms with van der Waals surface area (Å²) in [5, 5.41) is 7.05. The number of benzene rings is 3. The number of hydrogen-bond acceptors (Lipinski definition) is 4. The van der Waals surface area contributed by atoms with Crippen molar-refractivity contribution in [2.75, 3.05) is 19.2 Å². The zero-order valence-corrected chi connectivity index (χ0v) is 15.5. The molecule has 136 valence electrons. The summed E-state index contributed by atoms with van der Waals surface area (Å²) in [4.78, 5) is 0. The lowest BCUT2D eigenvalue weighted by Crippen LogP contribution is -2.19. The first-order valence-corrected chi connectivity index (χ1v) is 8.99. The SMILES string of the molecule is COc1ccc([C@H]2CC(c3ccccc3)=NN2c2ccccc2OC)cc1. The number of para-hydroxylation sites is 2. The molecule has 3 aromatic carbocycles. The molecule has 0 amide bonds. The van der Waals surface area contributed by atoms with Crippen LogP contribution in [0.25, 0.3) is 0 Å². The quantitative estimate of drug-likeness (QED) is 0.639. The molecule has 0 saturated heterocycles. The summed E-state index contributed by atoms with van der Waals surface area (Å²) in [5.41, 5.74) is 4.37. The van der Waals surface area contributed by atoms with E-state index in [1.807, 2.05) is 54.6 Å². The van der Waals surface area contributed by atoms with Crippen molar-refractivity contribution in [3.8, 4) is 11.5 Å². The molecule has 0 N–H and O–H groups in total. The van der Waals surface area contributed by atoms with Crippen molar-refractivity contribution in [1.82, 2.24) is 0 Å². The highest BCUT2D eigenvalue weighted by molar-refractivity contribution is 6.03. The van der Waals surface area contributed by atoms with Crippen LogP contribution in [-0.4, -0.2) is 19.9 Å². The van der Waals surface area contributed by atoms with Crippen LogP contribution in [0.5, 0.6) is 11.5 Å². The topological polar surface area (TPSA) is 34.1 Å². The van der Waals surface area contributed by atoms with Crippen LogP contribution >= 0.6 is 0 Å². The Labute approximate surface area is 159 Å². The summed E-state index contributed by atoms with van der Waals surface area (Å²) in [6.07, 6.45) is 0.828. The molecule has 0 bridgehead atoms. The van der Waals surface area contributed by atoms with E-state index < -0.39 is 0 Å². The molecule has 0 radical (unpaired) electrons. The Morgan fingerprint density at radius 2 is 1.52 bits per heavy atom. The van der Waals surface area contributed by atoms with Crippen LogP contribution in [0.1, 0.15) is 23.6 Å². The lowest BCUT2D eigenvalue weighted by molar-refractivity contribution is 0.413. The molecule has 0 fully saturated rings. The molecule has 4 rings (SSSR count). The van der Waals surface area contributed by atoms with Gasteiger partial charge in [-0.05, 0) is 35.4 Å². The molecule has 1 atom stereocenters. The van der Waals surface area contributed by atoms with Crippen molar-refractivity contribution in [3.63, 3.8) is 0 Å². The molecule has 1 heterocycles. The molecule has 0 aliphatic carbocycles. The number of nitrogens with zero attached hydrogens (tertiary/aromatic N) is 2. The second-order valence-electron chi connectivity index (χ2n) is 6.42. The number of ether oxygens (including phenoxy) is 2. The summed E-state index contributed by atoms with van der Waals surface area (Å²) in [5.74, 6) is 1.67. The first-order chi connectivity index (χ1) is 13.3. The van der Waals surface area contributed by atoms with Crippen molar-refractivity contribution in [2.45, 2.75) is 12.5 Å². The van der Waals surface area contributed by atoms with Crippen LogP contribution in [0.3, 0.4) is 0 Å². The number of anilines is 1. The van der Waals surface area contributed by atoms with Gasteiger partial charge in [0.1, 0.15) is 17.2 Å². The zero-order chi connectivity index (χ0) is 18.6. The average Bonchev–Trinajstić information content (AvgIpc) is 3.19. The van der Waals surface area contributed by atoms with Gasteiger partial charge in [0.2, 0.25) is 0 Å². The van der Waals surface area contributed by atoms with E-state index in [2.05, 4.69) is 29.3 Å². The molecule has 0 saturated carbocycles. The molecule has 27 heavy (non-hydrogen) atoms. The van der Waals surface area contributed by atoms with Gasteiger partial charge >= 0.3 is 0 Å². The summed E-state index contributed by atoms with van der Waals surface area (Å²) in [6.45, 7) is 0. The molecule has 4 heteroatoms. The maximum absolute atomic E-state index is 5.59. The fourth-order valence-corrected chi connectivity index (χ4v) is 3.44. The van der Waals surface area contributed by atoms with Gasteiger partial charge in [0.05, 0.1) is 26.0 Å². The zero-order valence-electron chi connectivity index (χ0n) is 15.5. The third kappa shape index (κ3) is 3.38. The van der Waals surface area contributed by atoms with Crippen LogP contribution in [0.15, 0.2) is 84.0 Å². The normalized spacial score (nSPS) is 16.1. The lowest BCUT2D eigenvalue weighted by Gasteiger charge is -2.25. The van der Waals surface area contributed by atoms with E-state index in [1.54, 1.807) is 14.2 Å². The van der Waals surface area contributed by atoms with Crippen LogP contribution < -0.4 is 14.5 Å². The third-order valence-electron chi connectivity index (χ3n) is 4.85. The van der Waals surface area contributed by atoms with Crippen molar-refractivity contribution in [2.24, 2.45) is 5.10 Å². The molecule has 0 unspecified atom stereocenters. The molecule has 3 aromatic rings. The van der Waals surface area contributed by atoms with Crippen LogP contribution in [-0.2, 0) is 0 Å². The van der Waals surface area contributed by atoms with Gasteiger partial charge in [0, 0.05) is 6.42 Å². The van der Waals surface area contributed by atoms with Gasteiger partial charge in [0.25, 0.3) is 0 Å². The van der Waals surface area contributed by atoms with Crippen molar-refractivity contribution < 1.29 is 9.47 Å². The van der Waals surface area contributed by atoms with Gasteiger partial charge < -0.3 is 9.47 Å². The van der Waals surface area contributed by atoms with Crippen LogP contribution in [0.4, 0.5) is 5.69 Å². The standard InChI is InChI=1S/C23H22N2O2/c1-26-19-14-12-18(13-15-19)22-16-20(17-8-4-3-5-9-17)24-25(22)21-10-6-7-11-23(21)27-2/h3-15,22H,16H2,1-2H3/t22-/m1/s1. The summed E-state index contributed by atoms with van der Waals surface area (Å²) in [6, 6.07) is 26.6. The highest BCUT2D eigenvalue weighted by Crippen LogP contribution is 2.40. The Hall–Kier alpha value is -3.27. The third-order valence-corrected chi connectivity index (χ3v) is 4.85. The maximum Gasteiger partial charge on any atom is 0.144 e. The molecule has 4 nitrogen and oxygen atoms in total. The van der Waals surface area contributed by atoms with Gasteiger partial charge in [-0.1, -0.05) is 54.6 Å². The highest BCUT2D eigenvalue weighted by Gasteiger charge is 2.31. The highest BCUT2D eigenvalue weighted by atomic mass is 16.5. The Morgan fingerprint density at radius 3 is 2.22 bits per heavy atom. The average molecular weight is 358 g/mol.